The predicted molar refractivity (Wildman–Crippen MR) is 81.3 cm³/mol. The molecule has 0 atom stereocenters. The second-order valence-electron chi connectivity index (χ2n) is 6.05. The van der Waals surface area contributed by atoms with Crippen molar-refractivity contribution in [1.82, 2.24) is 4.90 Å². The highest BCUT2D eigenvalue weighted by Gasteiger charge is 2.26. The number of nitrogens with zero attached hydrogens (tertiary/aromatic N) is 1. The van der Waals surface area contributed by atoms with E-state index >= 15 is 0 Å². The summed E-state index contributed by atoms with van der Waals surface area (Å²) in [4.78, 5) is 14.0. The second-order valence-corrected chi connectivity index (χ2v) is 6.05. The molecule has 0 spiro atoms. The smallest absolute Gasteiger partial charge is 0.159 e. The van der Waals surface area contributed by atoms with Crippen LogP contribution >= 0.6 is 0 Å². The fraction of sp³-hybridized carbons (Fsp3) is 0.588. The van der Waals surface area contributed by atoms with Crippen molar-refractivity contribution >= 4 is 5.78 Å². The largest absolute Gasteiger partial charge is 0.496 e. The number of rotatable bonds is 7. The minimum atomic E-state index is 0.104. The van der Waals surface area contributed by atoms with Gasteiger partial charge in [0.25, 0.3) is 0 Å². The summed E-state index contributed by atoms with van der Waals surface area (Å²) >= 11 is 0. The van der Waals surface area contributed by atoms with Gasteiger partial charge in [0.05, 0.1) is 7.11 Å². The number of benzene rings is 1. The molecule has 20 heavy (non-hydrogen) atoms. The predicted octanol–water partition coefficient (Wildman–Crippen LogP) is 3.52. The molecule has 1 aliphatic carbocycles. The maximum atomic E-state index is 11.6. The number of carbonyl (C=O) groups is 1. The molecule has 1 fully saturated rings. The summed E-state index contributed by atoms with van der Waals surface area (Å²) in [5.74, 6) is 1.84. The van der Waals surface area contributed by atoms with Gasteiger partial charge in [0.15, 0.2) is 5.78 Å². The van der Waals surface area contributed by atoms with Crippen molar-refractivity contribution in [3.05, 3.63) is 29.3 Å². The van der Waals surface area contributed by atoms with Gasteiger partial charge in [-0.1, -0.05) is 0 Å². The van der Waals surface area contributed by atoms with Gasteiger partial charge < -0.3 is 4.74 Å². The molecule has 0 amide bonds. The second kappa shape index (κ2) is 6.40. The van der Waals surface area contributed by atoms with Crippen LogP contribution in [0.1, 0.15) is 49.5 Å². The zero-order chi connectivity index (χ0) is 14.7. The molecule has 0 saturated heterocycles. The Labute approximate surface area is 121 Å². The highest BCUT2D eigenvalue weighted by atomic mass is 16.5. The summed E-state index contributed by atoms with van der Waals surface area (Å²) in [6.45, 7) is 8.05. The van der Waals surface area contributed by atoms with E-state index in [1.54, 1.807) is 14.0 Å². The molecule has 110 valence electrons. The molecule has 3 nitrogen and oxygen atoms in total. The van der Waals surface area contributed by atoms with Crippen molar-refractivity contribution in [2.75, 3.05) is 13.7 Å². The van der Waals surface area contributed by atoms with E-state index in [4.69, 9.17) is 4.74 Å². The number of ketones is 1. The summed E-state index contributed by atoms with van der Waals surface area (Å²) in [7, 11) is 1.69. The minimum Gasteiger partial charge on any atom is -0.496 e. The SMILES string of the molecule is COc1ccc(C(C)=O)cc1CN(CC1CC1)C(C)C. The summed E-state index contributed by atoms with van der Waals surface area (Å²) < 4.78 is 5.44. The average Bonchev–Trinajstić information content (AvgIpc) is 3.21. The molecule has 1 aromatic carbocycles. The standard InChI is InChI=1S/C17H25NO2/c1-12(2)18(10-14-5-6-14)11-16-9-15(13(3)19)7-8-17(16)20-4/h7-9,12,14H,5-6,10-11H2,1-4H3. The molecule has 0 unspecified atom stereocenters. The summed E-state index contributed by atoms with van der Waals surface area (Å²) in [6, 6.07) is 6.22. The van der Waals surface area contributed by atoms with Crippen LogP contribution in [0.2, 0.25) is 0 Å². The van der Waals surface area contributed by atoms with Crippen LogP contribution in [0.25, 0.3) is 0 Å². The molecule has 0 radical (unpaired) electrons. The summed E-state index contributed by atoms with van der Waals surface area (Å²) in [5.41, 5.74) is 1.87. The van der Waals surface area contributed by atoms with E-state index in [0.717, 1.165) is 35.9 Å². The van der Waals surface area contributed by atoms with Gasteiger partial charge in [0, 0.05) is 30.3 Å². The van der Waals surface area contributed by atoms with Crippen molar-refractivity contribution in [2.24, 2.45) is 5.92 Å². The van der Waals surface area contributed by atoms with Crippen LogP contribution in [-0.4, -0.2) is 30.4 Å². The lowest BCUT2D eigenvalue weighted by molar-refractivity contribution is 0.101. The van der Waals surface area contributed by atoms with Gasteiger partial charge >= 0.3 is 0 Å². The Hall–Kier alpha value is -1.35. The number of hydrogen-bond donors (Lipinski definition) is 0. The Kier molecular flexibility index (Phi) is 4.81. The lowest BCUT2D eigenvalue weighted by Gasteiger charge is -2.27. The van der Waals surface area contributed by atoms with Crippen molar-refractivity contribution in [3.63, 3.8) is 0 Å². The number of hydrogen-bond acceptors (Lipinski definition) is 3. The van der Waals surface area contributed by atoms with Crippen LogP contribution in [0.3, 0.4) is 0 Å². The third kappa shape index (κ3) is 3.83. The molecule has 0 bridgehead atoms. The lowest BCUT2D eigenvalue weighted by atomic mass is 10.1. The van der Waals surface area contributed by atoms with Crippen molar-refractivity contribution in [3.8, 4) is 5.75 Å². The van der Waals surface area contributed by atoms with Gasteiger partial charge in [0.2, 0.25) is 0 Å². The van der Waals surface area contributed by atoms with E-state index in [9.17, 15) is 4.79 Å². The fourth-order valence-corrected chi connectivity index (χ4v) is 2.43. The van der Waals surface area contributed by atoms with Gasteiger partial charge in [-0.25, -0.2) is 0 Å². The van der Waals surface area contributed by atoms with E-state index in [-0.39, 0.29) is 5.78 Å². The van der Waals surface area contributed by atoms with Crippen LogP contribution in [0, 0.1) is 5.92 Å². The fourth-order valence-electron chi connectivity index (χ4n) is 2.43. The highest BCUT2D eigenvalue weighted by molar-refractivity contribution is 5.94. The topological polar surface area (TPSA) is 29.5 Å². The summed E-state index contributed by atoms with van der Waals surface area (Å²) in [5, 5.41) is 0. The van der Waals surface area contributed by atoms with Crippen molar-refractivity contribution in [2.45, 2.75) is 46.2 Å². The van der Waals surface area contributed by atoms with Gasteiger partial charge in [-0.15, -0.1) is 0 Å². The average molecular weight is 275 g/mol. The Morgan fingerprint density at radius 2 is 2.10 bits per heavy atom. The zero-order valence-electron chi connectivity index (χ0n) is 13.0. The van der Waals surface area contributed by atoms with Gasteiger partial charge in [-0.2, -0.15) is 0 Å². The molecule has 3 heteroatoms. The van der Waals surface area contributed by atoms with E-state index in [1.165, 1.54) is 12.8 Å². The van der Waals surface area contributed by atoms with E-state index < -0.39 is 0 Å². The molecule has 0 N–H and O–H groups in total. The summed E-state index contributed by atoms with van der Waals surface area (Å²) in [6.07, 6.45) is 2.71. The van der Waals surface area contributed by atoms with Crippen molar-refractivity contribution < 1.29 is 9.53 Å². The molecule has 0 heterocycles. The molecule has 1 aliphatic rings. The van der Waals surface area contributed by atoms with Crippen LogP contribution < -0.4 is 4.74 Å². The third-order valence-electron chi connectivity index (χ3n) is 3.98. The Morgan fingerprint density at radius 3 is 2.60 bits per heavy atom. The van der Waals surface area contributed by atoms with Gasteiger partial charge in [-0.05, 0) is 57.7 Å². The lowest BCUT2D eigenvalue weighted by Crippen LogP contribution is -2.32. The normalized spacial score (nSPS) is 14.9. The van der Waals surface area contributed by atoms with Gasteiger partial charge in [-0.3, -0.25) is 9.69 Å². The monoisotopic (exact) mass is 275 g/mol. The van der Waals surface area contributed by atoms with Crippen LogP contribution in [0.5, 0.6) is 5.75 Å². The van der Waals surface area contributed by atoms with E-state index in [0.29, 0.717) is 6.04 Å². The van der Waals surface area contributed by atoms with E-state index in [1.807, 2.05) is 18.2 Å². The van der Waals surface area contributed by atoms with Crippen molar-refractivity contribution in [1.29, 1.82) is 0 Å². The first kappa shape index (κ1) is 15.0. The quantitative estimate of drug-likeness (QED) is 0.713. The Bertz CT molecular complexity index is 478. The van der Waals surface area contributed by atoms with Crippen LogP contribution in [0.15, 0.2) is 18.2 Å². The highest BCUT2D eigenvalue weighted by Crippen LogP contribution is 2.31. The van der Waals surface area contributed by atoms with Crippen LogP contribution in [-0.2, 0) is 6.54 Å². The Balaban J connectivity index is 2.19. The maximum absolute atomic E-state index is 11.6. The first-order valence-corrected chi connectivity index (χ1v) is 7.43. The molecular formula is C17H25NO2. The molecule has 0 aliphatic heterocycles. The third-order valence-corrected chi connectivity index (χ3v) is 3.98. The van der Waals surface area contributed by atoms with Crippen LogP contribution in [0.4, 0.5) is 0 Å². The maximum Gasteiger partial charge on any atom is 0.159 e. The number of carbonyl (C=O) groups excluding carboxylic acids is 1. The Morgan fingerprint density at radius 1 is 1.40 bits per heavy atom. The molecule has 1 saturated carbocycles. The first-order chi connectivity index (χ1) is 9.51. The molecule has 0 aromatic heterocycles. The van der Waals surface area contributed by atoms with E-state index in [2.05, 4.69) is 18.7 Å². The number of Topliss-reactive ketones (excluding diaryl/α,β-unsaturated/α-hetero) is 1. The minimum absolute atomic E-state index is 0.104. The number of methoxy groups -OCH3 is 1. The first-order valence-electron chi connectivity index (χ1n) is 7.43. The molecular weight excluding hydrogens is 250 g/mol. The number of ether oxygens (including phenoxy) is 1. The zero-order valence-corrected chi connectivity index (χ0v) is 13.0. The van der Waals surface area contributed by atoms with Gasteiger partial charge in [0.1, 0.15) is 5.75 Å². The molecule has 2 rings (SSSR count). The molecule has 1 aromatic rings.